The highest BCUT2D eigenvalue weighted by atomic mass is 16.5. The maximum Gasteiger partial charge on any atom is 0.278 e. The zero-order chi connectivity index (χ0) is 21.4. The molecule has 1 fully saturated rings. The molecular weight excluding hydrogens is 394 g/mol. The lowest BCUT2D eigenvalue weighted by atomic mass is 9.92. The molecule has 0 radical (unpaired) electrons. The molecule has 0 spiro atoms. The van der Waals surface area contributed by atoms with Gasteiger partial charge in [-0.3, -0.25) is 19.3 Å². The van der Waals surface area contributed by atoms with Gasteiger partial charge in [0.2, 0.25) is 0 Å². The zero-order valence-electron chi connectivity index (χ0n) is 17.4. The monoisotopic (exact) mass is 420 g/mol. The van der Waals surface area contributed by atoms with Crippen LogP contribution in [0.1, 0.15) is 37.9 Å². The fourth-order valence-electron chi connectivity index (χ4n) is 4.88. The predicted octanol–water partition coefficient (Wildman–Crippen LogP) is 0.324. The lowest BCUT2D eigenvalue weighted by molar-refractivity contribution is -0.900. The fraction of sp³-hybridized carbons (Fsp3) is 0.375. The second-order valence-electron chi connectivity index (χ2n) is 8.36. The number of benzene rings is 2. The quantitative estimate of drug-likeness (QED) is 0.724. The van der Waals surface area contributed by atoms with Crippen LogP contribution in [-0.2, 0) is 16.0 Å². The van der Waals surface area contributed by atoms with Gasteiger partial charge in [-0.15, -0.1) is 0 Å². The van der Waals surface area contributed by atoms with Gasteiger partial charge in [0.1, 0.15) is 13.1 Å². The van der Waals surface area contributed by atoms with Crippen LogP contribution in [0.4, 0.5) is 0 Å². The number of rotatable bonds is 4. The van der Waals surface area contributed by atoms with Crippen LogP contribution in [0.2, 0.25) is 0 Å². The van der Waals surface area contributed by atoms with Crippen LogP contribution in [0.25, 0.3) is 0 Å². The predicted molar refractivity (Wildman–Crippen MR) is 113 cm³/mol. The minimum Gasteiger partial charge on any atom is -0.370 e. The van der Waals surface area contributed by atoms with Crippen molar-refractivity contribution in [3.05, 3.63) is 70.8 Å². The molecule has 1 N–H and O–H groups in total. The van der Waals surface area contributed by atoms with E-state index in [1.165, 1.54) is 15.4 Å². The number of nitrogens with one attached hydrogen (secondary N) is 1. The van der Waals surface area contributed by atoms with Gasteiger partial charge in [-0.1, -0.05) is 36.4 Å². The van der Waals surface area contributed by atoms with Gasteiger partial charge in [0.25, 0.3) is 17.7 Å². The molecule has 31 heavy (non-hydrogen) atoms. The van der Waals surface area contributed by atoms with Crippen molar-refractivity contribution in [2.24, 2.45) is 0 Å². The first-order valence-corrected chi connectivity index (χ1v) is 10.9. The van der Waals surface area contributed by atoms with Crippen molar-refractivity contribution in [2.75, 3.05) is 45.9 Å². The summed E-state index contributed by atoms with van der Waals surface area (Å²) in [5, 5.41) is 0. The molecule has 160 valence electrons. The summed E-state index contributed by atoms with van der Waals surface area (Å²) in [6, 6.07) is 14.6. The normalized spacial score (nSPS) is 21.2. The van der Waals surface area contributed by atoms with Gasteiger partial charge < -0.3 is 14.5 Å². The first-order valence-electron chi connectivity index (χ1n) is 10.9. The number of fused-ring (bicyclic) bond motifs is 2. The molecule has 1 saturated heterocycles. The van der Waals surface area contributed by atoms with Crippen LogP contribution < -0.4 is 4.90 Å². The van der Waals surface area contributed by atoms with Gasteiger partial charge in [0.15, 0.2) is 6.54 Å². The number of imide groups is 1. The molecular formula is C24H26N3O4+. The number of morpholine rings is 1. The maximum absolute atomic E-state index is 13.3. The number of hydrogen-bond donors (Lipinski definition) is 1. The Labute approximate surface area is 181 Å². The lowest BCUT2D eigenvalue weighted by Crippen LogP contribution is -3.15. The van der Waals surface area contributed by atoms with Crippen LogP contribution in [0.3, 0.4) is 0 Å². The van der Waals surface area contributed by atoms with Crippen molar-refractivity contribution in [1.82, 2.24) is 9.80 Å². The highest BCUT2D eigenvalue weighted by Crippen LogP contribution is 2.33. The van der Waals surface area contributed by atoms with Gasteiger partial charge in [-0.25, -0.2) is 0 Å². The van der Waals surface area contributed by atoms with E-state index >= 15 is 0 Å². The summed E-state index contributed by atoms with van der Waals surface area (Å²) < 4.78 is 5.41. The van der Waals surface area contributed by atoms with Crippen molar-refractivity contribution < 1.29 is 24.0 Å². The van der Waals surface area contributed by atoms with Gasteiger partial charge in [0, 0.05) is 6.54 Å². The molecule has 5 rings (SSSR count). The summed E-state index contributed by atoms with van der Waals surface area (Å²) in [5.41, 5.74) is 3.07. The van der Waals surface area contributed by atoms with E-state index in [4.69, 9.17) is 4.74 Å². The molecule has 0 bridgehead atoms. The van der Waals surface area contributed by atoms with Crippen molar-refractivity contribution in [3.63, 3.8) is 0 Å². The topological polar surface area (TPSA) is 71.4 Å². The van der Waals surface area contributed by atoms with Crippen LogP contribution in [0.15, 0.2) is 48.5 Å². The molecule has 7 heteroatoms. The molecule has 3 aliphatic rings. The van der Waals surface area contributed by atoms with E-state index in [1.807, 2.05) is 23.1 Å². The number of quaternary nitrogens is 1. The smallest absolute Gasteiger partial charge is 0.278 e. The lowest BCUT2D eigenvalue weighted by Gasteiger charge is -2.39. The van der Waals surface area contributed by atoms with Gasteiger partial charge in [-0.2, -0.15) is 0 Å². The van der Waals surface area contributed by atoms with E-state index in [2.05, 4.69) is 6.07 Å². The van der Waals surface area contributed by atoms with Crippen molar-refractivity contribution in [3.8, 4) is 0 Å². The van der Waals surface area contributed by atoms with Crippen molar-refractivity contribution in [1.29, 1.82) is 0 Å². The summed E-state index contributed by atoms with van der Waals surface area (Å²) in [6.45, 7) is 4.15. The SMILES string of the molecule is O=C1c2ccccc2C(=O)N1CC1c2ccccc2CCN1C(=O)C[NH+]1CCOCC1. The van der Waals surface area contributed by atoms with E-state index in [9.17, 15) is 14.4 Å². The molecule has 3 amide bonds. The van der Waals surface area contributed by atoms with Gasteiger partial charge in [-0.05, 0) is 29.7 Å². The van der Waals surface area contributed by atoms with E-state index in [1.54, 1.807) is 24.3 Å². The molecule has 2 aromatic rings. The number of carbonyl (C=O) groups is 3. The number of nitrogens with zero attached hydrogens (tertiary/aromatic N) is 2. The Hall–Kier alpha value is -3.03. The van der Waals surface area contributed by atoms with E-state index in [-0.39, 0.29) is 30.3 Å². The van der Waals surface area contributed by atoms with Gasteiger partial charge >= 0.3 is 0 Å². The van der Waals surface area contributed by atoms with Crippen molar-refractivity contribution in [2.45, 2.75) is 12.5 Å². The molecule has 0 aromatic heterocycles. The van der Waals surface area contributed by atoms with Crippen LogP contribution in [0.5, 0.6) is 0 Å². The fourth-order valence-corrected chi connectivity index (χ4v) is 4.88. The zero-order valence-corrected chi connectivity index (χ0v) is 17.4. The Kier molecular flexibility index (Phi) is 5.29. The van der Waals surface area contributed by atoms with E-state index in [0.29, 0.717) is 37.4 Å². The molecule has 0 aliphatic carbocycles. The summed E-state index contributed by atoms with van der Waals surface area (Å²) in [7, 11) is 0. The largest absolute Gasteiger partial charge is 0.370 e. The second kappa shape index (κ2) is 8.24. The number of hydrogen-bond acceptors (Lipinski definition) is 4. The Morgan fingerprint density at radius 2 is 1.61 bits per heavy atom. The summed E-state index contributed by atoms with van der Waals surface area (Å²) >= 11 is 0. The molecule has 1 atom stereocenters. The maximum atomic E-state index is 13.3. The molecule has 0 saturated carbocycles. The van der Waals surface area contributed by atoms with E-state index < -0.39 is 0 Å². The number of ether oxygens (including phenoxy) is 1. The Morgan fingerprint density at radius 3 is 2.32 bits per heavy atom. The van der Waals surface area contributed by atoms with Gasteiger partial charge in [0.05, 0.1) is 36.9 Å². The molecule has 3 aliphatic heterocycles. The average molecular weight is 420 g/mol. The first-order chi connectivity index (χ1) is 15.1. The van der Waals surface area contributed by atoms with Crippen LogP contribution in [0, 0.1) is 0 Å². The summed E-state index contributed by atoms with van der Waals surface area (Å²) in [6.07, 6.45) is 0.777. The summed E-state index contributed by atoms with van der Waals surface area (Å²) in [5.74, 6) is -0.502. The van der Waals surface area contributed by atoms with Crippen LogP contribution in [-0.4, -0.2) is 73.5 Å². The third-order valence-electron chi connectivity index (χ3n) is 6.57. The number of amides is 3. The summed E-state index contributed by atoms with van der Waals surface area (Å²) in [4.78, 5) is 43.6. The first kappa shape index (κ1) is 19.9. The third-order valence-corrected chi connectivity index (χ3v) is 6.57. The Balaban J connectivity index is 1.42. The highest BCUT2D eigenvalue weighted by Gasteiger charge is 2.40. The minimum atomic E-state index is -0.333. The minimum absolute atomic E-state index is 0.0630. The Morgan fingerprint density at radius 1 is 0.968 bits per heavy atom. The third kappa shape index (κ3) is 3.64. The average Bonchev–Trinajstić information content (AvgIpc) is 3.05. The number of carbonyl (C=O) groups excluding carboxylic acids is 3. The standard InChI is InChI=1S/C24H25N3O4/c28-22(16-25-11-13-31-14-12-25)26-10-9-17-5-1-2-6-18(17)21(26)15-27-23(29)19-7-3-4-8-20(19)24(27)30/h1-8,21H,9-16H2/p+1. The molecule has 2 aromatic carbocycles. The van der Waals surface area contributed by atoms with E-state index in [0.717, 1.165) is 25.1 Å². The second-order valence-corrected chi connectivity index (χ2v) is 8.36. The molecule has 7 nitrogen and oxygen atoms in total. The molecule has 1 unspecified atom stereocenters. The highest BCUT2D eigenvalue weighted by molar-refractivity contribution is 6.21. The van der Waals surface area contributed by atoms with Crippen LogP contribution >= 0.6 is 0 Å². The van der Waals surface area contributed by atoms with Crippen molar-refractivity contribution >= 4 is 17.7 Å². The Bertz CT molecular complexity index is 996. The molecule has 3 heterocycles.